The first-order valence-electron chi connectivity index (χ1n) is 6.03. The topological polar surface area (TPSA) is 31.4 Å². The van der Waals surface area contributed by atoms with Gasteiger partial charge in [0.25, 0.3) is 0 Å². The smallest absolute Gasteiger partial charge is 0.0571 e. The first kappa shape index (κ1) is 13.9. The quantitative estimate of drug-likeness (QED) is 0.808. The number of pyridine rings is 1. The Labute approximate surface area is 105 Å². The van der Waals surface area contributed by atoms with Gasteiger partial charge in [0.1, 0.15) is 0 Å². The monoisotopic (exact) mass is 236 g/mol. The predicted molar refractivity (Wildman–Crippen MR) is 73.5 cm³/mol. The summed E-state index contributed by atoms with van der Waals surface area (Å²) in [4.78, 5) is 8.88. The van der Waals surface area contributed by atoms with Gasteiger partial charge >= 0.3 is 0 Å². The first-order valence-corrected chi connectivity index (χ1v) is 6.03. The SMILES string of the molecule is CNC(C)c1ccc(N(C)CCN(C)C)cn1. The zero-order valence-corrected chi connectivity index (χ0v) is 11.6. The molecule has 0 aliphatic heterocycles. The van der Waals surface area contributed by atoms with E-state index in [4.69, 9.17) is 0 Å². The highest BCUT2D eigenvalue weighted by molar-refractivity contribution is 5.43. The molecule has 17 heavy (non-hydrogen) atoms. The van der Waals surface area contributed by atoms with Crippen molar-refractivity contribution >= 4 is 5.69 Å². The average molecular weight is 236 g/mol. The van der Waals surface area contributed by atoms with E-state index in [9.17, 15) is 0 Å². The van der Waals surface area contributed by atoms with Crippen molar-refractivity contribution < 1.29 is 0 Å². The summed E-state index contributed by atoms with van der Waals surface area (Å²) >= 11 is 0. The van der Waals surface area contributed by atoms with Crippen LogP contribution in [0.5, 0.6) is 0 Å². The Morgan fingerprint density at radius 3 is 2.41 bits per heavy atom. The minimum atomic E-state index is 0.302. The van der Waals surface area contributed by atoms with E-state index in [1.54, 1.807) is 0 Å². The van der Waals surface area contributed by atoms with Gasteiger partial charge in [-0.25, -0.2) is 0 Å². The number of nitrogens with zero attached hydrogens (tertiary/aromatic N) is 3. The molecule has 1 unspecified atom stereocenters. The number of anilines is 1. The second-order valence-electron chi connectivity index (χ2n) is 4.68. The molecule has 1 aromatic heterocycles. The lowest BCUT2D eigenvalue weighted by molar-refractivity contribution is 0.416. The second-order valence-corrected chi connectivity index (χ2v) is 4.68. The fourth-order valence-electron chi connectivity index (χ4n) is 1.51. The summed E-state index contributed by atoms with van der Waals surface area (Å²) in [5.41, 5.74) is 2.25. The number of likely N-dealkylation sites (N-methyl/N-ethyl adjacent to an activating group) is 2. The third-order valence-corrected chi connectivity index (χ3v) is 2.97. The molecule has 1 atom stereocenters. The van der Waals surface area contributed by atoms with Gasteiger partial charge in [-0.15, -0.1) is 0 Å². The maximum atomic E-state index is 4.48. The van der Waals surface area contributed by atoms with Crippen LogP contribution in [0.3, 0.4) is 0 Å². The lowest BCUT2D eigenvalue weighted by Crippen LogP contribution is -2.28. The van der Waals surface area contributed by atoms with Crippen molar-refractivity contribution in [3.05, 3.63) is 24.0 Å². The fraction of sp³-hybridized carbons (Fsp3) is 0.615. The molecular weight excluding hydrogens is 212 g/mol. The summed E-state index contributed by atoms with van der Waals surface area (Å²) in [7, 11) is 8.22. The molecule has 96 valence electrons. The second kappa shape index (κ2) is 6.57. The van der Waals surface area contributed by atoms with Crippen LogP contribution in [0.25, 0.3) is 0 Å². The minimum Gasteiger partial charge on any atom is -0.372 e. The van der Waals surface area contributed by atoms with E-state index in [-0.39, 0.29) is 0 Å². The molecule has 1 rings (SSSR count). The largest absolute Gasteiger partial charge is 0.372 e. The summed E-state index contributed by atoms with van der Waals surface area (Å²) < 4.78 is 0. The van der Waals surface area contributed by atoms with Crippen LogP contribution in [0.2, 0.25) is 0 Å². The van der Waals surface area contributed by atoms with Crippen LogP contribution in [0.1, 0.15) is 18.7 Å². The van der Waals surface area contributed by atoms with Crippen LogP contribution in [0.4, 0.5) is 5.69 Å². The van der Waals surface area contributed by atoms with Gasteiger partial charge in [-0.1, -0.05) is 0 Å². The molecule has 1 N–H and O–H groups in total. The molecule has 0 spiro atoms. The first-order chi connectivity index (χ1) is 8.04. The Morgan fingerprint density at radius 1 is 1.24 bits per heavy atom. The Hall–Kier alpha value is -1.13. The zero-order chi connectivity index (χ0) is 12.8. The van der Waals surface area contributed by atoms with E-state index >= 15 is 0 Å². The summed E-state index contributed by atoms with van der Waals surface area (Å²) in [6, 6.07) is 4.52. The Bertz CT molecular complexity index is 321. The highest BCUT2D eigenvalue weighted by atomic mass is 15.2. The number of aromatic nitrogens is 1. The third-order valence-electron chi connectivity index (χ3n) is 2.97. The van der Waals surface area contributed by atoms with Gasteiger partial charge in [-0.2, -0.15) is 0 Å². The van der Waals surface area contributed by atoms with Crippen molar-refractivity contribution in [2.45, 2.75) is 13.0 Å². The van der Waals surface area contributed by atoms with Crippen molar-refractivity contribution in [2.24, 2.45) is 0 Å². The molecule has 0 saturated carbocycles. The maximum Gasteiger partial charge on any atom is 0.0571 e. The molecule has 0 saturated heterocycles. The third kappa shape index (κ3) is 4.32. The fourth-order valence-corrected chi connectivity index (χ4v) is 1.51. The summed E-state index contributed by atoms with van der Waals surface area (Å²) in [6.45, 7) is 4.17. The highest BCUT2D eigenvalue weighted by Gasteiger charge is 2.05. The van der Waals surface area contributed by atoms with Crippen molar-refractivity contribution in [2.75, 3.05) is 46.2 Å². The average Bonchev–Trinajstić information content (AvgIpc) is 2.35. The molecule has 0 bridgehead atoms. The minimum absolute atomic E-state index is 0.302. The molecule has 1 heterocycles. The van der Waals surface area contributed by atoms with E-state index in [2.05, 4.69) is 60.3 Å². The van der Waals surface area contributed by atoms with Crippen LogP contribution in [-0.4, -0.2) is 51.2 Å². The summed E-state index contributed by atoms with van der Waals surface area (Å²) in [5, 5.41) is 3.19. The van der Waals surface area contributed by atoms with E-state index < -0.39 is 0 Å². The van der Waals surface area contributed by atoms with Gasteiger partial charge in [0.15, 0.2) is 0 Å². The molecule has 0 aliphatic rings. The number of hydrogen-bond donors (Lipinski definition) is 1. The van der Waals surface area contributed by atoms with Gasteiger partial charge in [-0.05, 0) is 40.2 Å². The van der Waals surface area contributed by atoms with E-state index in [1.807, 2.05) is 13.2 Å². The summed E-state index contributed by atoms with van der Waals surface area (Å²) in [5.74, 6) is 0. The number of hydrogen-bond acceptors (Lipinski definition) is 4. The lowest BCUT2D eigenvalue weighted by Gasteiger charge is -2.21. The van der Waals surface area contributed by atoms with Gasteiger partial charge in [0.05, 0.1) is 17.6 Å². The van der Waals surface area contributed by atoms with Crippen molar-refractivity contribution in [3.8, 4) is 0 Å². The molecule has 4 heteroatoms. The van der Waals surface area contributed by atoms with E-state index in [1.165, 1.54) is 5.69 Å². The number of nitrogens with one attached hydrogen (secondary N) is 1. The van der Waals surface area contributed by atoms with Crippen molar-refractivity contribution in [1.29, 1.82) is 0 Å². The van der Waals surface area contributed by atoms with Gasteiger partial charge in [0, 0.05) is 26.2 Å². The molecule has 0 amide bonds. The van der Waals surface area contributed by atoms with E-state index in [0.717, 1.165) is 18.8 Å². The van der Waals surface area contributed by atoms with Gasteiger partial charge in [0.2, 0.25) is 0 Å². The molecule has 0 aliphatic carbocycles. The van der Waals surface area contributed by atoms with Crippen LogP contribution in [-0.2, 0) is 0 Å². The standard InChI is InChI=1S/C13H24N4/c1-11(14-2)13-7-6-12(10-15-13)17(5)9-8-16(3)4/h6-7,10-11,14H,8-9H2,1-5H3. The normalized spacial score (nSPS) is 12.8. The van der Waals surface area contributed by atoms with Gasteiger partial charge in [-0.3, -0.25) is 4.98 Å². The Morgan fingerprint density at radius 2 is 1.94 bits per heavy atom. The van der Waals surface area contributed by atoms with Gasteiger partial charge < -0.3 is 15.1 Å². The molecule has 4 nitrogen and oxygen atoms in total. The van der Waals surface area contributed by atoms with Crippen LogP contribution < -0.4 is 10.2 Å². The molecule has 1 aromatic rings. The predicted octanol–water partition coefficient (Wildman–Crippen LogP) is 1.36. The molecule has 0 fully saturated rings. The van der Waals surface area contributed by atoms with Crippen LogP contribution in [0, 0.1) is 0 Å². The van der Waals surface area contributed by atoms with Crippen molar-refractivity contribution in [3.63, 3.8) is 0 Å². The number of rotatable bonds is 6. The molecular formula is C13H24N4. The van der Waals surface area contributed by atoms with Crippen molar-refractivity contribution in [1.82, 2.24) is 15.2 Å². The molecule has 0 aromatic carbocycles. The lowest BCUT2D eigenvalue weighted by atomic mass is 10.2. The molecule has 0 radical (unpaired) electrons. The maximum absolute atomic E-state index is 4.48. The highest BCUT2D eigenvalue weighted by Crippen LogP contribution is 2.14. The summed E-state index contributed by atoms with van der Waals surface area (Å²) in [6.07, 6.45) is 1.94. The van der Waals surface area contributed by atoms with Crippen LogP contribution >= 0.6 is 0 Å². The van der Waals surface area contributed by atoms with E-state index in [0.29, 0.717) is 6.04 Å². The Kier molecular flexibility index (Phi) is 5.38. The van der Waals surface area contributed by atoms with Crippen LogP contribution in [0.15, 0.2) is 18.3 Å². The zero-order valence-electron chi connectivity index (χ0n) is 11.6. The Balaban J connectivity index is 2.60.